The SMILES string of the molecule is C[C@@H](O)[C@H](NC(=O)N1CCCC(C(N)=O)C1)C(=O)O. The molecule has 1 aliphatic heterocycles. The molecule has 0 aromatic carbocycles. The number of carbonyl (C=O) groups is 3. The summed E-state index contributed by atoms with van der Waals surface area (Å²) in [7, 11) is 0. The third kappa shape index (κ3) is 4.09. The summed E-state index contributed by atoms with van der Waals surface area (Å²) in [5.74, 6) is -2.19. The van der Waals surface area contributed by atoms with Gasteiger partial charge in [0.15, 0.2) is 6.04 Å². The van der Waals surface area contributed by atoms with Crippen molar-refractivity contribution in [2.75, 3.05) is 13.1 Å². The van der Waals surface area contributed by atoms with Crippen LogP contribution in [-0.2, 0) is 9.59 Å². The van der Waals surface area contributed by atoms with Gasteiger partial charge in [0.25, 0.3) is 0 Å². The molecule has 0 saturated carbocycles. The van der Waals surface area contributed by atoms with E-state index in [-0.39, 0.29) is 6.54 Å². The van der Waals surface area contributed by atoms with Crippen molar-refractivity contribution in [3.05, 3.63) is 0 Å². The topological polar surface area (TPSA) is 133 Å². The Hall–Kier alpha value is -1.83. The van der Waals surface area contributed by atoms with Crippen LogP contribution in [0.5, 0.6) is 0 Å². The lowest BCUT2D eigenvalue weighted by Crippen LogP contribution is -2.55. The summed E-state index contributed by atoms with van der Waals surface area (Å²) in [5.41, 5.74) is 5.20. The van der Waals surface area contributed by atoms with E-state index >= 15 is 0 Å². The number of nitrogens with zero attached hydrogens (tertiary/aromatic N) is 1. The molecule has 19 heavy (non-hydrogen) atoms. The molecule has 8 heteroatoms. The standard InChI is InChI=1S/C11H19N3O5/c1-6(15)8(10(17)18)13-11(19)14-4-2-3-7(5-14)9(12)16/h6-8,15H,2-5H2,1H3,(H2,12,16)(H,13,19)(H,17,18)/t6-,7?,8+/m1/s1. The fraction of sp³-hybridized carbons (Fsp3) is 0.727. The molecule has 0 bridgehead atoms. The summed E-state index contributed by atoms with van der Waals surface area (Å²) in [5, 5.41) is 20.4. The molecule has 1 saturated heterocycles. The second-order valence-corrected chi connectivity index (χ2v) is 4.69. The zero-order valence-electron chi connectivity index (χ0n) is 10.7. The van der Waals surface area contributed by atoms with E-state index in [0.717, 1.165) is 0 Å². The summed E-state index contributed by atoms with van der Waals surface area (Å²) >= 11 is 0. The first-order valence-corrected chi connectivity index (χ1v) is 6.08. The van der Waals surface area contributed by atoms with E-state index in [4.69, 9.17) is 10.8 Å². The van der Waals surface area contributed by atoms with Crippen molar-refractivity contribution in [1.82, 2.24) is 10.2 Å². The summed E-state index contributed by atoms with van der Waals surface area (Å²) in [6.07, 6.45) is 0.0453. The van der Waals surface area contributed by atoms with Crippen LogP contribution in [0.3, 0.4) is 0 Å². The quantitative estimate of drug-likeness (QED) is 0.506. The lowest BCUT2D eigenvalue weighted by molar-refractivity contribution is -0.142. The van der Waals surface area contributed by atoms with Gasteiger partial charge < -0.3 is 26.2 Å². The first kappa shape index (κ1) is 15.2. The number of piperidine rings is 1. The number of amides is 3. The minimum atomic E-state index is -1.37. The van der Waals surface area contributed by atoms with Gasteiger partial charge >= 0.3 is 12.0 Å². The van der Waals surface area contributed by atoms with Gasteiger partial charge in [0.05, 0.1) is 12.0 Å². The van der Waals surface area contributed by atoms with Crippen molar-refractivity contribution in [3.8, 4) is 0 Å². The van der Waals surface area contributed by atoms with E-state index < -0.39 is 36.0 Å². The van der Waals surface area contributed by atoms with Gasteiger partial charge in [-0.3, -0.25) is 4.79 Å². The van der Waals surface area contributed by atoms with Crippen LogP contribution in [0.4, 0.5) is 4.79 Å². The van der Waals surface area contributed by atoms with Crippen LogP contribution >= 0.6 is 0 Å². The Morgan fingerprint density at radius 1 is 1.42 bits per heavy atom. The van der Waals surface area contributed by atoms with E-state index in [2.05, 4.69) is 5.32 Å². The molecule has 0 spiro atoms. The number of primary amides is 1. The van der Waals surface area contributed by atoms with Gasteiger partial charge in [-0.05, 0) is 19.8 Å². The number of aliphatic hydroxyl groups is 1. The van der Waals surface area contributed by atoms with Crippen molar-refractivity contribution < 1.29 is 24.6 Å². The average Bonchev–Trinajstić information content (AvgIpc) is 2.34. The Bertz CT molecular complexity index is 371. The predicted molar refractivity (Wildman–Crippen MR) is 65.1 cm³/mol. The number of nitrogens with two attached hydrogens (primary N) is 1. The van der Waals surface area contributed by atoms with Crippen molar-refractivity contribution >= 4 is 17.9 Å². The number of carboxylic acid groups (broad SMARTS) is 1. The molecule has 1 fully saturated rings. The molecule has 0 aliphatic carbocycles. The maximum Gasteiger partial charge on any atom is 0.328 e. The third-order valence-electron chi connectivity index (χ3n) is 3.14. The van der Waals surface area contributed by atoms with Gasteiger partial charge in [-0.15, -0.1) is 0 Å². The molecule has 0 radical (unpaired) electrons. The van der Waals surface area contributed by atoms with Crippen LogP contribution in [0, 0.1) is 5.92 Å². The second-order valence-electron chi connectivity index (χ2n) is 4.69. The van der Waals surface area contributed by atoms with Crippen LogP contribution in [0.1, 0.15) is 19.8 Å². The van der Waals surface area contributed by atoms with Crippen molar-refractivity contribution in [2.45, 2.75) is 31.9 Å². The highest BCUT2D eigenvalue weighted by Gasteiger charge is 2.31. The molecule has 0 aromatic heterocycles. The molecule has 5 N–H and O–H groups in total. The molecule has 108 valence electrons. The largest absolute Gasteiger partial charge is 0.480 e. The number of rotatable bonds is 4. The first-order valence-electron chi connectivity index (χ1n) is 6.08. The predicted octanol–water partition coefficient (Wildman–Crippen LogP) is -1.27. The van der Waals surface area contributed by atoms with Gasteiger partial charge in [0, 0.05) is 13.1 Å². The molecule has 3 atom stereocenters. The Balaban J connectivity index is 2.62. The zero-order chi connectivity index (χ0) is 14.6. The van der Waals surface area contributed by atoms with Gasteiger partial charge in [0.1, 0.15) is 0 Å². The minimum Gasteiger partial charge on any atom is -0.480 e. The Kier molecular flexibility index (Phi) is 5.11. The Labute approximate surface area is 110 Å². The molecule has 3 amide bonds. The first-order chi connectivity index (χ1) is 8.82. The van der Waals surface area contributed by atoms with E-state index in [1.54, 1.807) is 0 Å². The van der Waals surface area contributed by atoms with E-state index in [1.807, 2.05) is 0 Å². The summed E-state index contributed by atoms with van der Waals surface area (Å²) in [6.45, 7) is 1.89. The number of aliphatic hydroxyl groups excluding tert-OH is 1. The van der Waals surface area contributed by atoms with Crippen LogP contribution in [0.15, 0.2) is 0 Å². The van der Waals surface area contributed by atoms with Gasteiger partial charge in [-0.25, -0.2) is 9.59 Å². The highest BCUT2D eigenvalue weighted by molar-refractivity contribution is 5.84. The molecule has 0 aromatic rings. The third-order valence-corrected chi connectivity index (χ3v) is 3.14. The highest BCUT2D eigenvalue weighted by atomic mass is 16.4. The van der Waals surface area contributed by atoms with Crippen molar-refractivity contribution in [3.63, 3.8) is 0 Å². The molecule has 1 heterocycles. The number of nitrogens with one attached hydrogen (secondary N) is 1. The van der Waals surface area contributed by atoms with Crippen LogP contribution in [-0.4, -0.2) is 58.3 Å². The van der Waals surface area contributed by atoms with Gasteiger partial charge in [0.2, 0.25) is 5.91 Å². The summed E-state index contributed by atoms with van der Waals surface area (Å²) in [6, 6.07) is -1.99. The maximum atomic E-state index is 11.9. The normalized spacial score (nSPS) is 22.4. The van der Waals surface area contributed by atoms with Crippen molar-refractivity contribution in [1.29, 1.82) is 0 Å². The van der Waals surface area contributed by atoms with Crippen LogP contribution < -0.4 is 11.1 Å². The Morgan fingerprint density at radius 3 is 2.53 bits per heavy atom. The summed E-state index contributed by atoms with van der Waals surface area (Å²) in [4.78, 5) is 35.2. The number of carboxylic acids is 1. The van der Waals surface area contributed by atoms with Gasteiger partial charge in [-0.2, -0.15) is 0 Å². The number of hydrogen-bond acceptors (Lipinski definition) is 4. The number of hydrogen-bond donors (Lipinski definition) is 4. The Morgan fingerprint density at radius 2 is 2.05 bits per heavy atom. The van der Waals surface area contributed by atoms with Gasteiger partial charge in [-0.1, -0.05) is 0 Å². The molecule has 8 nitrogen and oxygen atoms in total. The number of carbonyl (C=O) groups excluding carboxylic acids is 2. The lowest BCUT2D eigenvalue weighted by Gasteiger charge is -2.32. The number of aliphatic carboxylic acids is 1. The fourth-order valence-corrected chi connectivity index (χ4v) is 2.01. The van der Waals surface area contributed by atoms with Crippen LogP contribution in [0.25, 0.3) is 0 Å². The zero-order valence-corrected chi connectivity index (χ0v) is 10.7. The molecule has 1 rings (SSSR count). The monoisotopic (exact) mass is 273 g/mol. The van der Waals surface area contributed by atoms with Crippen molar-refractivity contribution in [2.24, 2.45) is 11.7 Å². The fourth-order valence-electron chi connectivity index (χ4n) is 2.01. The van der Waals surface area contributed by atoms with E-state index in [1.165, 1.54) is 11.8 Å². The molecular formula is C11H19N3O5. The minimum absolute atomic E-state index is 0.174. The second kappa shape index (κ2) is 6.37. The highest BCUT2D eigenvalue weighted by Crippen LogP contribution is 2.16. The number of urea groups is 1. The molecule has 1 unspecified atom stereocenters. The lowest BCUT2D eigenvalue weighted by atomic mass is 9.98. The molecule has 1 aliphatic rings. The van der Waals surface area contributed by atoms with E-state index in [0.29, 0.717) is 19.4 Å². The van der Waals surface area contributed by atoms with E-state index in [9.17, 15) is 19.5 Å². The average molecular weight is 273 g/mol. The van der Waals surface area contributed by atoms with Crippen LogP contribution in [0.2, 0.25) is 0 Å². The smallest absolute Gasteiger partial charge is 0.328 e. The maximum absolute atomic E-state index is 11.9. The number of likely N-dealkylation sites (tertiary alicyclic amines) is 1. The molecular weight excluding hydrogens is 254 g/mol. The summed E-state index contributed by atoms with van der Waals surface area (Å²) < 4.78 is 0.